The first-order valence-corrected chi connectivity index (χ1v) is 8.56. The van der Waals surface area contributed by atoms with Crippen LogP contribution < -0.4 is 0 Å². The number of aryl methyl sites for hydroxylation is 2. The largest absolute Gasteiger partial charge is 0.287 e. The molecule has 5 heteroatoms. The van der Waals surface area contributed by atoms with Gasteiger partial charge >= 0.3 is 0 Å². The predicted octanol–water partition coefficient (Wildman–Crippen LogP) is 5.34. The Morgan fingerprint density at radius 1 is 1.17 bits per heavy atom. The SMILES string of the molecule is O=C(c1cc(Br)c(Cl)s1)c1cc2c(s1)CCCC2. The zero-order valence-corrected chi connectivity index (χ0v) is 13.4. The van der Waals surface area contributed by atoms with E-state index in [-0.39, 0.29) is 5.78 Å². The van der Waals surface area contributed by atoms with Crippen LogP contribution in [0.5, 0.6) is 0 Å². The van der Waals surface area contributed by atoms with E-state index in [1.807, 2.05) is 6.07 Å². The molecule has 1 aliphatic carbocycles. The highest BCUT2D eigenvalue weighted by molar-refractivity contribution is 9.10. The summed E-state index contributed by atoms with van der Waals surface area (Å²) in [6.07, 6.45) is 4.74. The van der Waals surface area contributed by atoms with E-state index in [1.54, 1.807) is 11.3 Å². The minimum absolute atomic E-state index is 0.104. The lowest BCUT2D eigenvalue weighted by Crippen LogP contribution is -1.97. The Labute approximate surface area is 127 Å². The summed E-state index contributed by atoms with van der Waals surface area (Å²) in [6.45, 7) is 0. The van der Waals surface area contributed by atoms with Gasteiger partial charge in [0.15, 0.2) is 0 Å². The van der Waals surface area contributed by atoms with Crippen molar-refractivity contribution in [2.24, 2.45) is 0 Å². The van der Waals surface area contributed by atoms with Crippen molar-refractivity contribution in [1.82, 2.24) is 0 Å². The Morgan fingerprint density at radius 3 is 2.56 bits per heavy atom. The molecule has 3 rings (SSSR count). The number of hydrogen-bond donors (Lipinski definition) is 0. The number of thiophene rings is 2. The van der Waals surface area contributed by atoms with Gasteiger partial charge in [-0.15, -0.1) is 22.7 Å². The van der Waals surface area contributed by atoms with Crippen LogP contribution in [-0.4, -0.2) is 5.78 Å². The molecular weight excluding hydrogens is 352 g/mol. The van der Waals surface area contributed by atoms with Crippen LogP contribution >= 0.6 is 50.2 Å². The molecule has 0 fully saturated rings. The maximum Gasteiger partial charge on any atom is 0.212 e. The molecule has 94 valence electrons. The molecule has 0 atom stereocenters. The average molecular weight is 362 g/mol. The van der Waals surface area contributed by atoms with Gasteiger partial charge in [0.25, 0.3) is 0 Å². The Kier molecular flexibility index (Phi) is 3.63. The second-order valence-corrected chi connectivity index (χ2v) is 7.97. The lowest BCUT2D eigenvalue weighted by atomic mass is 9.99. The normalized spacial score (nSPS) is 14.6. The maximum absolute atomic E-state index is 12.4. The topological polar surface area (TPSA) is 17.1 Å². The summed E-state index contributed by atoms with van der Waals surface area (Å²) < 4.78 is 1.44. The third kappa shape index (κ3) is 2.31. The second-order valence-electron chi connectivity index (χ2n) is 4.33. The molecular formula is C13H10BrClOS2. The van der Waals surface area contributed by atoms with E-state index in [4.69, 9.17) is 11.6 Å². The van der Waals surface area contributed by atoms with Crippen molar-refractivity contribution in [1.29, 1.82) is 0 Å². The zero-order chi connectivity index (χ0) is 12.7. The van der Waals surface area contributed by atoms with Crippen molar-refractivity contribution in [3.05, 3.63) is 41.1 Å². The number of rotatable bonds is 2. The van der Waals surface area contributed by atoms with Crippen molar-refractivity contribution in [2.75, 3.05) is 0 Å². The van der Waals surface area contributed by atoms with E-state index >= 15 is 0 Å². The summed E-state index contributed by atoms with van der Waals surface area (Å²) in [5, 5.41) is 0. The van der Waals surface area contributed by atoms with E-state index in [1.165, 1.54) is 34.6 Å². The fourth-order valence-corrected chi connectivity index (χ4v) is 5.11. The number of ketones is 1. The smallest absolute Gasteiger partial charge is 0.212 e. The molecule has 0 saturated carbocycles. The fourth-order valence-electron chi connectivity index (χ4n) is 2.18. The molecule has 0 unspecified atom stereocenters. The van der Waals surface area contributed by atoms with Crippen molar-refractivity contribution in [3.63, 3.8) is 0 Å². The predicted molar refractivity (Wildman–Crippen MR) is 81.4 cm³/mol. The summed E-state index contributed by atoms with van der Waals surface area (Å²) in [5.74, 6) is 0.104. The Bertz CT molecular complexity index is 572. The second kappa shape index (κ2) is 5.08. The summed E-state index contributed by atoms with van der Waals surface area (Å²) in [4.78, 5) is 15.3. The van der Waals surface area contributed by atoms with Gasteiger partial charge in [0.05, 0.1) is 9.75 Å². The molecule has 0 spiro atoms. The molecule has 2 aromatic rings. The van der Waals surface area contributed by atoms with Gasteiger partial charge < -0.3 is 0 Å². The van der Waals surface area contributed by atoms with Crippen molar-refractivity contribution in [2.45, 2.75) is 25.7 Å². The first-order chi connectivity index (χ1) is 8.65. The fraction of sp³-hybridized carbons (Fsp3) is 0.308. The highest BCUT2D eigenvalue weighted by Gasteiger charge is 2.20. The van der Waals surface area contributed by atoms with Gasteiger partial charge in [0.2, 0.25) is 5.78 Å². The number of carbonyl (C=O) groups excluding carboxylic acids is 1. The standard InChI is InChI=1S/C13H10BrClOS2/c14-8-6-11(18-13(8)15)12(16)10-5-7-3-1-2-4-9(7)17-10/h5-6H,1-4H2. The Morgan fingerprint density at radius 2 is 1.89 bits per heavy atom. The molecule has 0 amide bonds. The van der Waals surface area contributed by atoms with Crippen LogP contribution in [0.2, 0.25) is 4.34 Å². The molecule has 0 bridgehead atoms. The van der Waals surface area contributed by atoms with Gasteiger partial charge in [-0.1, -0.05) is 11.6 Å². The van der Waals surface area contributed by atoms with E-state index in [0.717, 1.165) is 22.2 Å². The highest BCUT2D eigenvalue weighted by Crippen LogP contribution is 2.36. The van der Waals surface area contributed by atoms with Crippen LogP contribution in [0.3, 0.4) is 0 Å². The van der Waals surface area contributed by atoms with Gasteiger partial charge in [0, 0.05) is 9.35 Å². The lowest BCUT2D eigenvalue weighted by molar-refractivity contribution is 0.104. The number of fused-ring (bicyclic) bond motifs is 1. The Hall–Kier alpha value is -0.160. The van der Waals surface area contributed by atoms with Gasteiger partial charge in [-0.3, -0.25) is 4.79 Å². The number of carbonyl (C=O) groups is 1. The number of halogens is 2. The third-order valence-corrected chi connectivity index (χ3v) is 6.80. The van der Waals surface area contributed by atoms with E-state index < -0.39 is 0 Å². The van der Waals surface area contributed by atoms with Gasteiger partial charge in [-0.2, -0.15) is 0 Å². The monoisotopic (exact) mass is 360 g/mol. The highest BCUT2D eigenvalue weighted by atomic mass is 79.9. The third-order valence-electron chi connectivity index (χ3n) is 3.09. The molecule has 0 aromatic carbocycles. The van der Waals surface area contributed by atoms with Crippen LogP contribution in [0.25, 0.3) is 0 Å². The molecule has 1 aliphatic rings. The molecule has 0 N–H and O–H groups in total. The number of hydrogen-bond acceptors (Lipinski definition) is 3. The van der Waals surface area contributed by atoms with E-state index in [2.05, 4.69) is 22.0 Å². The molecule has 2 aromatic heterocycles. The molecule has 1 nitrogen and oxygen atoms in total. The van der Waals surface area contributed by atoms with Gasteiger partial charge in [0.1, 0.15) is 4.34 Å². The molecule has 0 aliphatic heterocycles. The van der Waals surface area contributed by atoms with E-state index in [0.29, 0.717) is 9.21 Å². The zero-order valence-electron chi connectivity index (χ0n) is 9.46. The maximum atomic E-state index is 12.4. The van der Waals surface area contributed by atoms with Crippen LogP contribution in [-0.2, 0) is 12.8 Å². The summed E-state index contributed by atoms with van der Waals surface area (Å²) in [7, 11) is 0. The lowest BCUT2D eigenvalue weighted by Gasteiger charge is -2.08. The van der Waals surface area contributed by atoms with Crippen molar-refractivity contribution in [3.8, 4) is 0 Å². The quantitative estimate of drug-likeness (QED) is 0.660. The minimum Gasteiger partial charge on any atom is -0.287 e. The molecule has 2 heterocycles. The van der Waals surface area contributed by atoms with Crippen molar-refractivity contribution >= 4 is 56.0 Å². The van der Waals surface area contributed by atoms with Crippen LogP contribution in [0.15, 0.2) is 16.6 Å². The molecule has 18 heavy (non-hydrogen) atoms. The van der Waals surface area contributed by atoms with Crippen molar-refractivity contribution < 1.29 is 4.79 Å². The van der Waals surface area contributed by atoms with Crippen LogP contribution in [0, 0.1) is 0 Å². The van der Waals surface area contributed by atoms with Crippen LogP contribution in [0.4, 0.5) is 0 Å². The summed E-state index contributed by atoms with van der Waals surface area (Å²) in [6, 6.07) is 3.89. The molecule has 0 radical (unpaired) electrons. The van der Waals surface area contributed by atoms with Gasteiger partial charge in [-0.05, 0) is 59.3 Å². The van der Waals surface area contributed by atoms with Crippen LogP contribution in [0.1, 0.15) is 37.8 Å². The van der Waals surface area contributed by atoms with E-state index in [9.17, 15) is 4.79 Å². The first kappa shape index (κ1) is 12.9. The summed E-state index contributed by atoms with van der Waals surface area (Å²) >= 11 is 12.3. The van der Waals surface area contributed by atoms with Gasteiger partial charge in [-0.25, -0.2) is 0 Å². The minimum atomic E-state index is 0.104. The Balaban J connectivity index is 1.94. The first-order valence-electron chi connectivity index (χ1n) is 5.76. The average Bonchev–Trinajstić information content (AvgIpc) is 2.93. The summed E-state index contributed by atoms with van der Waals surface area (Å²) in [5.41, 5.74) is 1.37. The molecule has 0 saturated heterocycles.